The van der Waals surface area contributed by atoms with Crippen LogP contribution in [0.3, 0.4) is 0 Å². The summed E-state index contributed by atoms with van der Waals surface area (Å²) in [5.41, 5.74) is -0.756. The van der Waals surface area contributed by atoms with Crippen LogP contribution in [0.2, 0.25) is 0 Å². The highest BCUT2D eigenvalue weighted by Crippen LogP contribution is 2.56. The van der Waals surface area contributed by atoms with Gasteiger partial charge in [-0.3, -0.25) is 4.79 Å². The van der Waals surface area contributed by atoms with E-state index in [9.17, 15) is 31.9 Å². The van der Waals surface area contributed by atoms with E-state index in [2.05, 4.69) is 14.7 Å². The molecule has 1 N–H and O–H groups in total. The van der Waals surface area contributed by atoms with Gasteiger partial charge in [0.2, 0.25) is 11.8 Å². The van der Waals surface area contributed by atoms with Crippen LogP contribution in [0, 0.1) is 17.6 Å². The first-order valence-electron chi connectivity index (χ1n) is 13.4. The fourth-order valence-corrected chi connectivity index (χ4v) is 4.71. The van der Waals surface area contributed by atoms with Crippen molar-refractivity contribution in [1.29, 1.82) is 0 Å². The van der Waals surface area contributed by atoms with E-state index in [1.54, 1.807) is 33.0 Å². The van der Waals surface area contributed by atoms with Gasteiger partial charge >= 0.3 is 6.18 Å². The zero-order chi connectivity index (χ0) is 30.7. The summed E-state index contributed by atoms with van der Waals surface area (Å²) in [7, 11) is 0. The third-order valence-corrected chi connectivity index (χ3v) is 6.98. The topological polar surface area (TPSA) is 90.8 Å². The minimum absolute atomic E-state index is 0.0450. The summed E-state index contributed by atoms with van der Waals surface area (Å²) in [6.45, 7) is 5.37. The number of pyridine rings is 2. The van der Waals surface area contributed by atoms with Crippen LogP contribution in [0.1, 0.15) is 61.8 Å². The van der Waals surface area contributed by atoms with Gasteiger partial charge < -0.3 is 19.3 Å². The Morgan fingerprint density at radius 1 is 1.05 bits per heavy atom. The van der Waals surface area contributed by atoms with E-state index in [1.807, 2.05) is 0 Å². The Morgan fingerprint density at radius 3 is 2.43 bits per heavy atom. The van der Waals surface area contributed by atoms with Gasteiger partial charge in [0.1, 0.15) is 12.4 Å². The second-order valence-corrected chi connectivity index (χ2v) is 10.8. The first-order chi connectivity index (χ1) is 19.8. The molecule has 226 valence electrons. The van der Waals surface area contributed by atoms with Crippen molar-refractivity contribution < 1.29 is 46.1 Å². The Balaban J connectivity index is 0.000000748. The summed E-state index contributed by atoms with van der Waals surface area (Å²) < 4.78 is 85.6. The van der Waals surface area contributed by atoms with Crippen molar-refractivity contribution in [3.05, 3.63) is 70.5 Å². The van der Waals surface area contributed by atoms with Crippen LogP contribution in [0.15, 0.2) is 36.7 Å². The molecule has 2 aromatic heterocycles. The number of carbonyl (C=O) groups is 1. The van der Waals surface area contributed by atoms with Gasteiger partial charge in [-0.15, -0.1) is 0 Å². The van der Waals surface area contributed by atoms with Crippen molar-refractivity contribution in [3.63, 3.8) is 0 Å². The molecule has 5 rings (SSSR count). The van der Waals surface area contributed by atoms with Crippen molar-refractivity contribution in [2.75, 3.05) is 13.2 Å². The van der Waals surface area contributed by atoms with Crippen LogP contribution < -0.4 is 9.47 Å². The molecule has 2 aliphatic rings. The molecule has 1 saturated carbocycles. The standard InChI is InChI=1S/C27H25F5N2O3.C3H6O2/c1-26(2,35)3-4-36-25-23(29)8-16(11-34-25)19-7-17(22(28)10-21(19)27(30,31)32)13-37-24-9-15-5-14-6-18(14)20(15)12-33-24;1-2-5-3-4/h7-12,14,18,35H,3-6,13H2,1-2H3;3H,2H2,1H3. The van der Waals surface area contributed by atoms with Crippen LogP contribution in [0.5, 0.6) is 11.8 Å². The number of ether oxygens (including phenoxy) is 3. The molecule has 2 atom stereocenters. The van der Waals surface area contributed by atoms with Gasteiger partial charge in [-0.1, -0.05) is 0 Å². The van der Waals surface area contributed by atoms with E-state index in [4.69, 9.17) is 9.47 Å². The van der Waals surface area contributed by atoms with Gasteiger partial charge in [0, 0.05) is 36.0 Å². The number of aliphatic hydroxyl groups is 1. The van der Waals surface area contributed by atoms with Crippen LogP contribution in [-0.4, -0.2) is 40.4 Å². The quantitative estimate of drug-likeness (QED) is 0.215. The van der Waals surface area contributed by atoms with Crippen LogP contribution in [-0.2, 0) is 28.7 Å². The molecule has 12 heteroatoms. The van der Waals surface area contributed by atoms with Crippen LogP contribution >= 0.6 is 0 Å². The lowest BCUT2D eigenvalue weighted by atomic mass is 9.97. The van der Waals surface area contributed by atoms with Crippen molar-refractivity contribution >= 4 is 6.47 Å². The normalized spacial score (nSPS) is 17.0. The van der Waals surface area contributed by atoms with E-state index in [0.29, 0.717) is 31.0 Å². The molecule has 0 amide bonds. The number of hydrogen-bond donors (Lipinski definition) is 1. The van der Waals surface area contributed by atoms with Gasteiger partial charge in [-0.2, -0.15) is 13.2 Å². The molecule has 0 spiro atoms. The summed E-state index contributed by atoms with van der Waals surface area (Å²) in [4.78, 5) is 17.2. The van der Waals surface area contributed by atoms with Gasteiger partial charge in [0.05, 0.1) is 24.4 Å². The van der Waals surface area contributed by atoms with E-state index < -0.39 is 40.4 Å². The molecule has 7 nitrogen and oxygen atoms in total. The minimum Gasteiger partial charge on any atom is -0.475 e. The van der Waals surface area contributed by atoms with Crippen molar-refractivity contribution in [1.82, 2.24) is 9.97 Å². The lowest BCUT2D eigenvalue weighted by molar-refractivity contribution is -0.137. The molecule has 1 fully saturated rings. The second-order valence-electron chi connectivity index (χ2n) is 10.8. The Kier molecular flexibility index (Phi) is 9.34. The summed E-state index contributed by atoms with van der Waals surface area (Å²) in [5.74, 6) is -1.02. The molecule has 2 aliphatic carbocycles. The van der Waals surface area contributed by atoms with E-state index in [0.717, 1.165) is 36.7 Å². The molecule has 0 saturated heterocycles. The molecule has 1 aromatic carbocycles. The predicted molar refractivity (Wildman–Crippen MR) is 142 cm³/mol. The average molecular weight is 595 g/mol. The Hall–Kier alpha value is -3.80. The Labute approximate surface area is 239 Å². The fraction of sp³-hybridized carbons (Fsp3) is 0.433. The number of fused-ring (bicyclic) bond motifs is 3. The summed E-state index contributed by atoms with van der Waals surface area (Å²) >= 11 is 0. The number of aromatic nitrogens is 2. The van der Waals surface area contributed by atoms with Gasteiger partial charge in [-0.05, 0) is 80.3 Å². The number of hydrogen-bond acceptors (Lipinski definition) is 7. The van der Waals surface area contributed by atoms with Gasteiger partial charge in [0.15, 0.2) is 5.82 Å². The Morgan fingerprint density at radius 2 is 1.81 bits per heavy atom. The summed E-state index contributed by atoms with van der Waals surface area (Å²) in [6, 6.07) is 4.02. The third kappa shape index (κ3) is 7.72. The molecule has 2 unspecified atom stereocenters. The zero-order valence-corrected chi connectivity index (χ0v) is 23.3. The number of nitrogens with zero attached hydrogens (tertiary/aromatic N) is 2. The molecular formula is C30H31F5N2O5. The van der Waals surface area contributed by atoms with Crippen LogP contribution in [0.25, 0.3) is 11.1 Å². The minimum atomic E-state index is -4.89. The number of halogens is 5. The van der Waals surface area contributed by atoms with Crippen LogP contribution in [0.4, 0.5) is 22.0 Å². The molecular weight excluding hydrogens is 563 g/mol. The molecule has 0 aliphatic heterocycles. The van der Waals surface area contributed by atoms with E-state index in [1.165, 1.54) is 5.56 Å². The van der Waals surface area contributed by atoms with Crippen molar-refractivity contribution in [2.24, 2.45) is 5.92 Å². The largest absolute Gasteiger partial charge is 0.475 e. The molecule has 0 bridgehead atoms. The van der Waals surface area contributed by atoms with E-state index >= 15 is 0 Å². The maximum Gasteiger partial charge on any atom is 0.417 e. The van der Waals surface area contributed by atoms with Crippen molar-refractivity contribution in [2.45, 2.75) is 64.3 Å². The molecule has 2 heterocycles. The number of rotatable bonds is 10. The lowest BCUT2D eigenvalue weighted by Crippen LogP contribution is -2.22. The smallest absolute Gasteiger partial charge is 0.417 e. The highest BCUT2D eigenvalue weighted by atomic mass is 19.4. The number of benzene rings is 1. The van der Waals surface area contributed by atoms with Gasteiger partial charge in [0.25, 0.3) is 6.47 Å². The highest BCUT2D eigenvalue weighted by molar-refractivity contribution is 5.69. The lowest BCUT2D eigenvalue weighted by Gasteiger charge is -2.18. The second kappa shape index (κ2) is 12.6. The number of alkyl halides is 3. The maximum atomic E-state index is 14.7. The first kappa shape index (κ1) is 31.1. The fourth-order valence-electron chi connectivity index (χ4n) is 4.71. The van der Waals surface area contributed by atoms with Gasteiger partial charge in [-0.25, -0.2) is 18.7 Å². The maximum absolute atomic E-state index is 14.7. The monoisotopic (exact) mass is 594 g/mol. The molecule has 3 aromatic rings. The SMILES string of the molecule is CC(C)(O)CCOc1ncc(-c2cc(COc3cc4c(cn3)C3CC3C4)c(F)cc2C(F)(F)F)cc1F.CCOC=O. The summed E-state index contributed by atoms with van der Waals surface area (Å²) in [6.07, 6.45) is 0.178. The Bertz CT molecular complexity index is 1420. The molecule has 0 radical (unpaired) electrons. The first-order valence-corrected chi connectivity index (χ1v) is 13.4. The van der Waals surface area contributed by atoms with Crippen molar-refractivity contribution in [3.8, 4) is 22.9 Å². The van der Waals surface area contributed by atoms with E-state index in [-0.39, 0.29) is 36.6 Å². The summed E-state index contributed by atoms with van der Waals surface area (Å²) in [5, 5.41) is 9.74. The zero-order valence-electron chi connectivity index (χ0n) is 23.3. The highest BCUT2D eigenvalue weighted by Gasteiger charge is 2.45. The number of carbonyl (C=O) groups excluding carboxylic acids is 1. The average Bonchev–Trinajstić information content (AvgIpc) is 3.58. The molecule has 42 heavy (non-hydrogen) atoms. The predicted octanol–water partition coefficient (Wildman–Crippen LogP) is 6.40. The third-order valence-electron chi connectivity index (χ3n) is 6.98.